The highest BCUT2D eigenvalue weighted by Crippen LogP contribution is 2.31. The maximum atomic E-state index is 12.9. The Bertz CT molecular complexity index is 959. The van der Waals surface area contributed by atoms with Crippen LogP contribution in [0.1, 0.15) is 27.2 Å². The van der Waals surface area contributed by atoms with Crippen LogP contribution < -0.4 is 5.32 Å². The second kappa shape index (κ2) is 6.72. The van der Waals surface area contributed by atoms with Crippen LogP contribution in [0.3, 0.4) is 0 Å². The molecule has 0 radical (unpaired) electrons. The zero-order chi connectivity index (χ0) is 18.9. The van der Waals surface area contributed by atoms with Gasteiger partial charge in [0, 0.05) is 25.4 Å². The fourth-order valence-electron chi connectivity index (χ4n) is 2.68. The molecular weight excluding hydrogens is 342 g/mol. The molecule has 0 aliphatic carbocycles. The summed E-state index contributed by atoms with van der Waals surface area (Å²) in [5.74, 6) is -0.642. The van der Waals surface area contributed by atoms with E-state index < -0.39 is 15.6 Å². The summed E-state index contributed by atoms with van der Waals surface area (Å²) < 4.78 is 25.3. The first-order valence-electron chi connectivity index (χ1n) is 7.55. The summed E-state index contributed by atoms with van der Waals surface area (Å²) in [6, 6.07) is 2.85. The summed E-state index contributed by atoms with van der Waals surface area (Å²) in [5.41, 5.74) is 1.64. The zero-order valence-corrected chi connectivity index (χ0v) is 15.4. The zero-order valence-electron chi connectivity index (χ0n) is 14.6. The molecule has 2 aromatic rings. The van der Waals surface area contributed by atoms with Gasteiger partial charge in [0.1, 0.15) is 5.56 Å². The van der Waals surface area contributed by atoms with Gasteiger partial charge in [-0.1, -0.05) is 6.08 Å². The Morgan fingerprint density at radius 3 is 2.52 bits per heavy atom. The van der Waals surface area contributed by atoms with Crippen molar-refractivity contribution in [3.05, 3.63) is 47.2 Å². The predicted molar refractivity (Wildman–Crippen MR) is 96.0 cm³/mol. The maximum Gasteiger partial charge on any atom is 0.220 e. The number of nitrogens with zero attached hydrogens (tertiary/aromatic N) is 2. The number of aromatic hydroxyl groups is 1. The Balaban J connectivity index is 2.67. The summed E-state index contributed by atoms with van der Waals surface area (Å²) in [6.45, 7) is 7.24. The topological polar surface area (TPSA) is 101 Å². The summed E-state index contributed by atoms with van der Waals surface area (Å²) in [4.78, 5) is 13.0. The van der Waals surface area contributed by atoms with Crippen molar-refractivity contribution in [2.75, 3.05) is 18.1 Å². The van der Waals surface area contributed by atoms with Crippen LogP contribution in [-0.4, -0.2) is 41.9 Å². The standard InChI is InChI=1S/C17H21N3O4S/c1-6-9-18-15-10(2)12(7-8-13(15)25(5,23)24)16(21)14-11(3)19-20(4)17(14)22/h6-8,18,22H,1,9H2,2-5H3. The molecule has 1 heterocycles. The van der Waals surface area contributed by atoms with E-state index in [0.29, 0.717) is 29.1 Å². The fraction of sp³-hybridized carbons (Fsp3) is 0.294. The van der Waals surface area contributed by atoms with Crippen LogP contribution in [0.4, 0.5) is 5.69 Å². The van der Waals surface area contributed by atoms with Gasteiger partial charge < -0.3 is 10.4 Å². The van der Waals surface area contributed by atoms with E-state index in [2.05, 4.69) is 17.0 Å². The molecule has 0 atom stereocenters. The SMILES string of the molecule is C=CCNc1c(S(C)(=O)=O)ccc(C(=O)c2c(C)nn(C)c2O)c1C. The number of sulfone groups is 1. The highest BCUT2D eigenvalue weighted by atomic mass is 32.2. The van der Waals surface area contributed by atoms with Crippen LogP contribution in [0.5, 0.6) is 5.88 Å². The summed E-state index contributed by atoms with van der Waals surface area (Å²) in [7, 11) is -1.94. The van der Waals surface area contributed by atoms with Gasteiger partial charge in [0.15, 0.2) is 9.84 Å². The van der Waals surface area contributed by atoms with Gasteiger partial charge in [-0.3, -0.25) is 4.79 Å². The molecule has 0 saturated heterocycles. The van der Waals surface area contributed by atoms with E-state index in [-0.39, 0.29) is 16.3 Å². The smallest absolute Gasteiger partial charge is 0.220 e. The van der Waals surface area contributed by atoms with Crippen LogP contribution in [0, 0.1) is 13.8 Å². The third-order valence-electron chi connectivity index (χ3n) is 3.91. The Labute approximate surface area is 146 Å². The minimum absolute atomic E-state index is 0.104. The van der Waals surface area contributed by atoms with E-state index in [9.17, 15) is 18.3 Å². The first kappa shape index (κ1) is 18.7. The Morgan fingerprint density at radius 2 is 2.04 bits per heavy atom. The number of ketones is 1. The van der Waals surface area contributed by atoms with Crippen molar-refractivity contribution in [3.63, 3.8) is 0 Å². The lowest BCUT2D eigenvalue weighted by atomic mass is 9.98. The number of hydrogen-bond donors (Lipinski definition) is 2. The Hall–Kier alpha value is -2.61. The average Bonchev–Trinajstić information content (AvgIpc) is 2.77. The molecule has 1 aromatic carbocycles. The lowest BCUT2D eigenvalue weighted by Gasteiger charge is -2.16. The minimum Gasteiger partial charge on any atom is -0.493 e. The second-order valence-electron chi connectivity index (χ2n) is 5.79. The average molecular weight is 363 g/mol. The van der Waals surface area contributed by atoms with Gasteiger partial charge in [-0.2, -0.15) is 5.10 Å². The van der Waals surface area contributed by atoms with Crippen molar-refractivity contribution in [2.24, 2.45) is 7.05 Å². The van der Waals surface area contributed by atoms with Crippen LogP contribution in [0.2, 0.25) is 0 Å². The van der Waals surface area contributed by atoms with E-state index in [4.69, 9.17) is 0 Å². The maximum absolute atomic E-state index is 12.9. The first-order chi connectivity index (χ1) is 11.6. The Morgan fingerprint density at radius 1 is 1.40 bits per heavy atom. The number of aromatic nitrogens is 2. The second-order valence-corrected chi connectivity index (χ2v) is 7.77. The molecule has 0 bridgehead atoms. The van der Waals surface area contributed by atoms with Crippen LogP contribution in [0.15, 0.2) is 29.7 Å². The molecule has 8 heteroatoms. The molecule has 25 heavy (non-hydrogen) atoms. The molecule has 0 amide bonds. The molecule has 0 spiro atoms. The van der Waals surface area contributed by atoms with Gasteiger partial charge in [-0.05, 0) is 31.5 Å². The lowest BCUT2D eigenvalue weighted by molar-refractivity contribution is 0.103. The van der Waals surface area contributed by atoms with Crippen molar-refractivity contribution in [1.82, 2.24) is 9.78 Å². The quantitative estimate of drug-likeness (QED) is 0.601. The van der Waals surface area contributed by atoms with E-state index in [1.807, 2.05) is 0 Å². The van der Waals surface area contributed by atoms with Gasteiger partial charge in [0.05, 0.1) is 16.3 Å². The number of benzene rings is 1. The predicted octanol–water partition coefficient (Wildman–Crippen LogP) is 1.97. The number of hydrogen-bond acceptors (Lipinski definition) is 6. The fourth-order valence-corrected chi connectivity index (χ4v) is 3.59. The number of anilines is 1. The third kappa shape index (κ3) is 3.43. The normalized spacial score (nSPS) is 11.4. The van der Waals surface area contributed by atoms with Crippen molar-refractivity contribution in [3.8, 4) is 5.88 Å². The summed E-state index contributed by atoms with van der Waals surface area (Å²) >= 11 is 0. The molecule has 0 aliphatic heterocycles. The van der Waals surface area contributed by atoms with E-state index in [1.165, 1.54) is 23.9 Å². The lowest BCUT2D eigenvalue weighted by Crippen LogP contribution is -2.12. The van der Waals surface area contributed by atoms with Gasteiger partial charge in [0.2, 0.25) is 11.7 Å². The third-order valence-corrected chi connectivity index (χ3v) is 5.05. The highest BCUT2D eigenvalue weighted by Gasteiger charge is 2.25. The van der Waals surface area contributed by atoms with Crippen LogP contribution in [0.25, 0.3) is 0 Å². The summed E-state index contributed by atoms with van der Waals surface area (Å²) in [6.07, 6.45) is 2.70. The molecular formula is C17H21N3O4S. The van der Waals surface area contributed by atoms with Crippen molar-refractivity contribution in [1.29, 1.82) is 0 Å². The van der Waals surface area contributed by atoms with E-state index >= 15 is 0 Å². The number of carbonyl (C=O) groups excluding carboxylic acids is 1. The van der Waals surface area contributed by atoms with Gasteiger partial charge in [0.25, 0.3) is 0 Å². The molecule has 2 N–H and O–H groups in total. The Kier molecular flexibility index (Phi) is 5.03. The molecule has 134 valence electrons. The highest BCUT2D eigenvalue weighted by molar-refractivity contribution is 7.90. The van der Waals surface area contributed by atoms with Crippen LogP contribution >= 0.6 is 0 Å². The largest absolute Gasteiger partial charge is 0.493 e. The first-order valence-corrected chi connectivity index (χ1v) is 9.44. The van der Waals surface area contributed by atoms with Crippen molar-refractivity contribution >= 4 is 21.3 Å². The molecule has 1 aromatic heterocycles. The van der Waals surface area contributed by atoms with Gasteiger partial charge >= 0.3 is 0 Å². The molecule has 2 rings (SSSR count). The number of rotatable bonds is 6. The van der Waals surface area contributed by atoms with Crippen molar-refractivity contribution < 1.29 is 18.3 Å². The number of nitrogens with one attached hydrogen (secondary N) is 1. The van der Waals surface area contributed by atoms with E-state index in [1.54, 1.807) is 19.9 Å². The van der Waals surface area contributed by atoms with Gasteiger partial charge in [-0.15, -0.1) is 6.58 Å². The monoisotopic (exact) mass is 363 g/mol. The molecule has 0 saturated carbocycles. The minimum atomic E-state index is -3.48. The van der Waals surface area contributed by atoms with Gasteiger partial charge in [-0.25, -0.2) is 13.1 Å². The molecule has 0 fully saturated rings. The van der Waals surface area contributed by atoms with Crippen LogP contribution in [-0.2, 0) is 16.9 Å². The number of aryl methyl sites for hydroxylation is 2. The van der Waals surface area contributed by atoms with E-state index in [0.717, 1.165) is 6.26 Å². The summed E-state index contributed by atoms with van der Waals surface area (Å²) in [5, 5.41) is 17.1. The molecule has 0 unspecified atom stereocenters. The molecule has 7 nitrogen and oxygen atoms in total. The molecule has 0 aliphatic rings. The van der Waals surface area contributed by atoms with Crippen molar-refractivity contribution in [2.45, 2.75) is 18.7 Å². The number of carbonyl (C=O) groups is 1.